The van der Waals surface area contributed by atoms with Crippen molar-refractivity contribution in [1.29, 1.82) is 0 Å². The van der Waals surface area contributed by atoms with Crippen LogP contribution in [0, 0.1) is 3.57 Å². The number of benzene rings is 1. The van der Waals surface area contributed by atoms with Gasteiger partial charge in [0.1, 0.15) is 0 Å². The molecule has 0 radical (unpaired) electrons. The lowest BCUT2D eigenvalue weighted by Gasteiger charge is -1.95. The van der Waals surface area contributed by atoms with E-state index in [0.29, 0.717) is 5.56 Å². The first kappa shape index (κ1) is 9.00. The van der Waals surface area contributed by atoms with Gasteiger partial charge in [0.25, 0.3) is 0 Å². The Kier molecular flexibility index (Phi) is 3.33. The lowest BCUT2D eigenvalue weighted by atomic mass is 10.2. The molecule has 0 bridgehead atoms. The third-order valence-electron chi connectivity index (χ3n) is 1.29. The van der Waals surface area contributed by atoms with Gasteiger partial charge in [-0.3, -0.25) is 4.79 Å². The number of carbonyl (C=O) groups is 1. The molecule has 58 valence electrons. The first-order valence-electron chi connectivity index (χ1n) is 3.09. The summed E-state index contributed by atoms with van der Waals surface area (Å²) in [7, 11) is 0. The van der Waals surface area contributed by atoms with Crippen molar-refractivity contribution in [3.8, 4) is 0 Å². The first-order chi connectivity index (χ1) is 5.24. The van der Waals surface area contributed by atoms with Crippen LogP contribution in [-0.4, -0.2) is 11.7 Å². The minimum atomic E-state index is -0.0249. The molecule has 0 N–H and O–H groups in total. The van der Waals surface area contributed by atoms with Gasteiger partial charge in [0.15, 0.2) is 5.78 Å². The van der Waals surface area contributed by atoms with Crippen LogP contribution < -0.4 is 0 Å². The van der Waals surface area contributed by atoms with E-state index in [1.807, 2.05) is 12.1 Å². The van der Waals surface area contributed by atoms with Crippen molar-refractivity contribution in [2.45, 2.75) is 0 Å². The van der Waals surface area contributed by atoms with Crippen molar-refractivity contribution in [2.24, 2.45) is 0 Å². The predicted octanol–water partition coefficient (Wildman–Crippen LogP) is 2.71. The van der Waals surface area contributed by atoms with Crippen molar-refractivity contribution in [2.75, 3.05) is 5.88 Å². The molecule has 0 aliphatic rings. The van der Waals surface area contributed by atoms with Gasteiger partial charge >= 0.3 is 0 Å². The molecule has 0 aliphatic carbocycles. The highest BCUT2D eigenvalue weighted by molar-refractivity contribution is 14.1. The van der Waals surface area contributed by atoms with Crippen LogP contribution >= 0.6 is 34.2 Å². The fourth-order valence-electron chi connectivity index (χ4n) is 0.713. The molecule has 1 aromatic carbocycles. The molecule has 3 heteroatoms. The summed E-state index contributed by atoms with van der Waals surface area (Å²) < 4.78 is 1.12. The van der Waals surface area contributed by atoms with Gasteiger partial charge in [-0.15, -0.1) is 11.6 Å². The molecule has 11 heavy (non-hydrogen) atoms. The fourth-order valence-corrected chi connectivity index (χ4v) is 1.23. The average Bonchev–Trinajstić information content (AvgIpc) is 2.05. The molecular weight excluding hydrogens is 274 g/mol. The Bertz CT molecular complexity index is 255. The Morgan fingerprint density at radius 3 is 2.36 bits per heavy atom. The monoisotopic (exact) mass is 280 g/mol. The molecule has 1 aromatic rings. The van der Waals surface area contributed by atoms with E-state index in [1.54, 1.807) is 12.1 Å². The quantitative estimate of drug-likeness (QED) is 0.462. The van der Waals surface area contributed by atoms with Crippen molar-refractivity contribution in [3.63, 3.8) is 0 Å². The Morgan fingerprint density at radius 1 is 1.36 bits per heavy atom. The summed E-state index contributed by atoms with van der Waals surface area (Å²) in [6, 6.07) is 7.35. The molecule has 0 aromatic heterocycles. The normalized spacial score (nSPS) is 9.64. The zero-order chi connectivity index (χ0) is 8.27. The summed E-state index contributed by atoms with van der Waals surface area (Å²) in [6.45, 7) is 0. The molecule has 0 fully saturated rings. The maximum atomic E-state index is 11.0. The Hall–Kier alpha value is -0.0900. The van der Waals surface area contributed by atoms with Crippen LogP contribution in [0.15, 0.2) is 24.3 Å². The molecule has 0 amide bonds. The van der Waals surface area contributed by atoms with Crippen LogP contribution in [0.3, 0.4) is 0 Å². The van der Waals surface area contributed by atoms with Gasteiger partial charge in [-0.1, -0.05) is 12.1 Å². The summed E-state index contributed by atoms with van der Waals surface area (Å²) in [5.41, 5.74) is 0.681. The van der Waals surface area contributed by atoms with Gasteiger partial charge in [0.2, 0.25) is 0 Å². The minimum Gasteiger partial charge on any atom is -0.293 e. The molecule has 0 heterocycles. The largest absolute Gasteiger partial charge is 0.293 e. The van der Waals surface area contributed by atoms with Gasteiger partial charge < -0.3 is 0 Å². The van der Waals surface area contributed by atoms with Gasteiger partial charge in [-0.25, -0.2) is 0 Å². The van der Waals surface area contributed by atoms with E-state index in [9.17, 15) is 4.79 Å². The summed E-state index contributed by atoms with van der Waals surface area (Å²) in [5.74, 6) is 0.0312. The molecule has 0 saturated carbocycles. The van der Waals surface area contributed by atoms with Gasteiger partial charge in [-0.05, 0) is 34.7 Å². The van der Waals surface area contributed by atoms with Gasteiger partial charge in [0, 0.05) is 9.13 Å². The lowest BCUT2D eigenvalue weighted by Crippen LogP contribution is -1.99. The molecule has 0 saturated heterocycles. The van der Waals surface area contributed by atoms with E-state index in [-0.39, 0.29) is 11.7 Å². The Balaban J connectivity index is 2.90. The number of rotatable bonds is 2. The molecule has 0 aliphatic heterocycles. The second-order valence-electron chi connectivity index (χ2n) is 2.06. The van der Waals surface area contributed by atoms with Crippen molar-refractivity contribution < 1.29 is 4.79 Å². The van der Waals surface area contributed by atoms with Crippen LogP contribution in [0.1, 0.15) is 10.4 Å². The minimum absolute atomic E-state index is 0.0249. The summed E-state index contributed by atoms with van der Waals surface area (Å²) >= 11 is 7.56. The number of alkyl halides is 1. The number of Topliss-reactive ketones (excluding diaryl/α,β-unsaturated/α-hetero) is 1. The fraction of sp³-hybridized carbons (Fsp3) is 0.125. The number of hydrogen-bond acceptors (Lipinski definition) is 1. The maximum Gasteiger partial charge on any atom is 0.177 e. The lowest BCUT2D eigenvalue weighted by molar-refractivity contribution is 0.102. The highest BCUT2D eigenvalue weighted by Crippen LogP contribution is 2.07. The van der Waals surface area contributed by atoms with Crippen LogP contribution in [-0.2, 0) is 0 Å². The third kappa shape index (κ3) is 2.45. The van der Waals surface area contributed by atoms with E-state index >= 15 is 0 Å². The summed E-state index contributed by atoms with van der Waals surface area (Å²) in [5, 5.41) is 0. The molecule has 0 spiro atoms. The van der Waals surface area contributed by atoms with E-state index in [4.69, 9.17) is 11.6 Å². The number of ketones is 1. The second-order valence-corrected chi connectivity index (χ2v) is 3.58. The second kappa shape index (κ2) is 4.07. The standard InChI is InChI=1S/C8H6ClIO/c9-5-8(11)6-1-3-7(10)4-2-6/h1-4H,5H2. The predicted molar refractivity (Wildman–Crippen MR) is 54.2 cm³/mol. The van der Waals surface area contributed by atoms with Crippen molar-refractivity contribution in [1.82, 2.24) is 0 Å². The van der Waals surface area contributed by atoms with E-state index in [1.165, 1.54) is 0 Å². The van der Waals surface area contributed by atoms with E-state index < -0.39 is 0 Å². The summed E-state index contributed by atoms with van der Waals surface area (Å²) in [6.07, 6.45) is 0. The Labute approximate surface area is 83.9 Å². The Morgan fingerprint density at radius 2 is 1.91 bits per heavy atom. The number of hydrogen-bond donors (Lipinski definition) is 0. The topological polar surface area (TPSA) is 17.1 Å². The molecule has 0 unspecified atom stereocenters. The molecule has 1 rings (SSSR count). The van der Waals surface area contributed by atoms with Crippen LogP contribution in [0.25, 0.3) is 0 Å². The maximum absolute atomic E-state index is 11.0. The van der Waals surface area contributed by atoms with Crippen LogP contribution in [0.4, 0.5) is 0 Å². The zero-order valence-electron chi connectivity index (χ0n) is 5.68. The smallest absolute Gasteiger partial charge is 0.177 e. The SMILES string of the molecule is O=C(CCl)c1ccc(I)cc1. The highest BCUT2D eigenvalue weighted by atomic mass is 127. The van der Waals surface area contributed by atoms with Gasteiger partial charge in [0.05, 0.1) is 5.88 Å². The van der Waals surface area contributed by atoms with E-state index in [2.05, 4.69) is 22.6 Å². The van der Waals surface area contributed by atoms with Gasteiger partial charge in [-0.2, -0.15) is 0 Å². The van der Waals surface area contributed by atoms with E-state index in [0.717, 1.165) is 3.57 Å². The van der Waals surface area contributed by atoms with Crippen molar-refractivity contribution in [3.05, 3.63) is 33.4 Å². The van der Waals surface area contributed by atoms with Crippen LogP contribution in [0.5, 0.6) is 0 Å². The van der Waals surface area contributed by atoms with Crippen molar-refractivity contribution >= 4 is 40.0 Å². The molecule has 1 nitrogen and oxygen atoms in total. The number of carbonyl (C=O) groups excluding carboxylic acids is 1. The van der Waals surface area contributed by atoms with Crippen LogP contribution in [0.2, 0.25) is 0 Å². The average molecular weight is 280 g/mol. The molecular formula is C8H6ClIO. The third-order valence-corrected chi connectivity index (χ3v) is 2.25. The first-order valence-corrected chi connectivity index (χ1v) is 4.70. The molecule has 0 atom stereocenters. The summed E-state index contributed by atoms with van der Waals surface area (Å²) in [4.78, 5) is 11.0. The highest BCUT2D eigenvalue weighted by Gasteiger charge is 2.01. The number of halogens is 2. The zero-order valence-corrected chi connectivity index (χ0v) is 8.59.